The lowest BCUT2D eigenvalue weighted by molar-refractivity contribution is -0.122. The van der Waals surface area contributed by atoms with E-state index in [1.807, 2.05) is 0 Å². The standard InChI is InChI=1S/C15H27N3O2/c19-15(16-14-1-2-14)12-17-5-3-13(4-6-17)11-18-7-9-20-10-8-18/h13-14H,1-12H2,(H,16,19). The summed E-state index contributed by atoms with van der Waals surface area (Å²) in [4.78, 5) is 16.6. The van der Waals surface area contributed by atoms with Crippen molar-refractivity contribution in [3.05, 3.63) is 0 Å². The number of morpholine rings is 1. The van der Waals surface area contributed by atoms with E-state index >= 15 is 0 Å². The molecule has 1 N–H and O–H groups in total. The van der Waals surface area contributed by atoms with Crippen LogP contribution in [-0.2, 0) is 9.53 Å². The average Bonchev–Trinajstić information content (AvgIpc) is 3.26. The van der Waals surface area contributed by atoms with Gasteiger partial charge in [0.1, 0.15) is 0 Å². The zero-order valence-electron chi connectivity index (χ0n) is 12.4. The Balaban J connectivity index is 1.32. The SMILES string of the molecule is O=C(CN1CCC(CN2CCOCC2)CC1)NC1CC1. The van der Waals surface area contributed by atoms with Crippen molar-refractivity contribution in [2.75, 3.05) is 52.5 Å². The molecular formula is C15H27N3O2. The number of piperidine rings is 1. The van der Waals surface area contributed by atoms with Crippen molar-refractivity contribution in [3.63, 3.8) is 0 Å². The van der Waals surface area contributed by atoms with Gasteiger partial charge in [-0.05, 0) is 44.7 Å². The Bertz CT molecular complexity index is 319. The predicted molar refractivity (Wildman–Crippen MR) is 77.6 cm³/mol. The van der Waals surface area contributed by atoms with Crippen LogP contribution in [0.5, 0.6) is 0 Å². The highest BCUT2D eigenvalue weighted by Gasteiger charge is 2.26. The number of carbonyl (C=O) groups is 1. The molecule has 0 radical (unpaired) electrons. The lowest BCUT2D eigenvalue weighted by Gasteiger charge is -2.35. The first-order valence-electron chi connectivity index (χ1n) is 8.11. The molecule has 1 saturated carbocycles. The van der Waals surface area contributed by atoms with Crippen LogP contribution < -0.4 is 5.32 Å². The first-order chi connectivity index (χ1) is 9.79. The Morgan fingerprint density at radius 1 is 1.00 bits per heavy atom. The number of nitrogens with one attached hydrogen (secondary N) is 1. The molecule has 2 heterocycles. The second-order valence-electron chi connectivity index (χ2n) is 6.47. The molecule has 5 nitrogen and oxygen atoms in total. The quantitative estimate of drug-likeness (QED) is 0.788. The molecule has 114 valence electrons. The van der Waals surface area contributed by atoms with Crippen LogP contribution in [0.2, 0.25) is 0 Å². The van der Waals surface area contributed by atoms with Crippen LogP contribution in [0.25, 0.3) is 0 Å². The molecule has 5 heteroatoms. The van der Waals surface area contributed by atoms with E-state index in [1.54, 1.807) is 0 Å². The van der Waals surface area contributed by atoms with Crippen LogP contribution in [0.1, 0.15) is 25.7 Å². The summed E-state index contributed by atoms with van der Waals surface area (Å²) < 4.78 is 5.39. The smallest absolute Gasteiger partial charge is 0.234 e. The predicted octanol–water partition coefficient (Wildman–Crippen LogP) is 0.309. The van der Waals surface area contributed by atoms with Gasteiger partial charge in [0.2, 0.25) is 5.91 Å². The van der Waals surface area contributed by atoms with E-state index in [-0.39, 0.29) is 5.91 Å². The van der Waals surface area contributed by atoms with Crippen LogP contribution in [0.3, 0.4) is 0 Å². The second-order valence-corrected chi connectivity index (χ2v) is 6.47. The molecule has 0 unspecified atom stereocenters. The molecule has 0 aromatic heterocycles. The molecule has 1 aliphatic carbocycles. The van der Waals surface area contributed by atoms with Crippen molar-refractivity contribution >= 4 is 5.91 Å². The minimum absolute atomic E-state index is 0.221. The Hall–Kier alpha value is -0.650. The molecule has 0 atom stereocenters. The molecule has 0 aromatic rings. The number of hydrogen-bond acceptors (Lipinski definition) is 4. The fourth-order valence-corrected chi connectivity index (χ4v) is 3.18. The van der Waals surface area contributed by atoms with Crippen molar-refractivity contribution < 1.29 is 9.53 Å². The number of rotatable bonds is 5. The molecule has 3 rings (SSSR count). The van der Waals surface area contributed by atoms with Gasteiger partial charge in [0.25, 0.3) is 0 Å². The van der Waals surface area contributed by atoms with E-state index in [4.69, 9.17) is 4.74 Å². The van der Waals surface area contributed by atoms with Crippen molar-refractivity contribution in [1.82, 2.24) is 15.1 Å². The fourth-order valence-electron chi connectivity index (χ4n) is 3.18. The Morgan fingerprint density at radius 3 is 2.35 bits per heavy atom. The highest BCUT2D eigenvalue weighted by Crippen LogP contribution is 2.20. The third-order valence-electron chi connectivity index (χ3n) is 4.64. The van der Waals surface area contributed by atoms with Crippen molar-refractivity contribution in [2.45, 2.75) is 31.7 Å². The van der Waals surface area contributed by atoms with Crippen LogP contribution in [0.15, 0.2) is 0 Å². The van der Waals surface area contributed by atoms with Crippen LogP contribution in [-0.4, -0.2) is 74.2 Å². The summed E-state index contributed by atoms with van der Waals surface area (Å²) >= 11 is 0. The monoisotopic (exact) mass is 281 g/mol. The normalized spacial score (nSPS) is 26.6. The van der Waals surface area contributed by atoms with Crippen molar-refractivity contribution in [3.8, 4) is 0 Å². The average molecular weight is 281 g/mol. The second kappa shape index (κ2) is 6.87. The number of carbonyl (C=O) groups excluding carboxylic acids is 1. The fraction of sp³-hybridized carbons (Fsp3) is 0.933. The molecule has 2 saturated heterocycles. The maximum atomic E-state index is 11.8. The molecule has 3 fully saturated rings. The van der Waals surface area contributed by atoms with E-state index in [1.165, 1.54) is 32.2 Å². The largest absolute Gasteiger partial charge is 0.379 e. The number of likely N-dealkylation sites (tertiary alicyclic amines) is 1. The number of ether oxygens (including phenoxy) is 1. The molecule has 0 bridgehead atoms. The highest BCUT2D eigenvalue weighted by atomic mass is 16.5. The lowest BCUT2D eigenvalue weighted by atomic mass is 9.96. The Labute approximate surface area is 121 Å². The molecular weight excluding hydrogens is 254 g/mol. The van der Waals surface area contributed by atoms with Gasteiger partial charge < -0.3 is 10.1 Å². The third kappa shape index (κ3) is 4.43. The molecule has 2 aliphatic heterocycles. The Morgan fingerprint density at radius 2 is 1.70 bits per heavy atom. The van der Waals surface area contributed by atoms with E-state index in [0.29, 0.717) is 12.6 Å². The van der Waals surface area contributed by atoms with Gasteiger partial charge in [0, 0.05) is 25.7 Å². The number of amides is 1. The van der Waals surface area contributed by atoms with Crippen LogP contribution >= 0.6 is 0 Å². The van der Waals surface area contributed by atoms with Gasteiger partial charge in [-0.1, -0.05) is 0 Å². The summed E-state index contributed by atoms with van der Waals surface area (Å²) in [5.41, 5.74) is 0. The van der Waals surface area contributed by atoms with Gasteiger partial charge in [0.15, 0.2) is 0 Å². The Kier molecular flexibility index (Phi) is 4.91. The molecule has 20 heavy (non-hydrogen) atoms. The molecule has 0 spiro atoms. The van der Waals surface area contributed by atoms with Crippen molar-refractivity contribution in [2.24, 2.45) is 5.92 Å². The minimum Gasteiger partial charge on any atom is -0.379 e. The van der Waals surface area contributed by atoms with E-state index in [9.17, 15) is 4.79 Å². The van der Waals surface area contributed by atoms with E-state index < -0.39 is 0 Å². The summed E-state index contributed by atoms with van der Waals surface area (Å²) in [6.07, 6.45) is 4.81. The molecule has 1 amide bonds. The zero-order chi connectivity index (χ0) is 13.8. The first kappa shape index (κ1) is 14.3. The van der Waals surface area contributed by atoms with Gasteiger partial charge in [-0.15, -0.1) is 0 Å². The van der Waals surface area contributed by atoms with Gasteiger partial charge in [-0.25, -0.2) is 0 Å². The number of nitrogens with zero attached hydrogens (tertiary/aromatic N) is 2. The van der Waals surface area contributed by atoms with E-state index in [0.717, 1.165) is 45.3 Å². The van der Waals surface area contributed by atoms with Gasteiger partial charge in [0.05, 0.1) is 19.8 Å². The summed E-state index contributed by atoms with van der Waals surface area (Å²) in [5, 5.41) is 3.08. The topological polar surface area (TPSA) is 44.8 Å². The molecule has 0 aromatic carbocycles. The van der Waals surface area contributed by atoms with Crippen LogP contribution in [0.4, 0.5) is 0 Å². The zero-order valence-corrected chi connectivity index (χ0v) is 12.4. The number of hydrogen-bond donors (Lipinski definition) is 1. The minimum atomic E-state index is 0.221. The van der Waals surface area contributed by atoms with Gasteiger partial charge in [-0.2, -0.15) is 0 Å². The van der Waals surface area contributed by atoms with Gasteiger partial charge in [-0.3, -0.25) is 14.6 Å². The maximum absolute atomic E-state index is 11.8. The summed E-state index contributed by atoms with van der Waals surface area (Å²) in [6.45, 7) is 7.92. The first-order valence-corrected chi connectivity index (χ1v) is 8.11. The summed E-state index contributed by atoms with van der Waals surface area (Å²) in [6, 6.07) is 0.487. The third-order valence-corrected chi connectivity index (χ3v) is 4.64. The lowest BCUT2D eigenvalue weighted by Crippen LogP contribution is -2.45. The van der Waals surface area contributed by atoms with Crippen molar-refractivity contribution in [1.29, 1.82) is 0 Å². The molecule has 3 aliphatic rings. The summed E-state index contributed by atoms with van der Waals surface area (Å²) in [5.74, 6) is 1.02. The van der Waals surface area contributed by atoms with E-state index in [2.05, 4.69) is 15.1 Å². The maximum Gasteiger partial charge on any atom is 0.234 e. The van der Waals surface area contributed by atoms with Gasteiger partial charge >= 0.3 is 0 Å². The highest BCUT2D eigenvalue weighted by molar-refractivity contribution is 5.78. The summed E-state index contributed by atoms with van der Waals surface area (Å²) in [7, 11) is 0. The van der Waals surface area contributed by atoms with Crippen LogP contribution in [0, 0.1) is 5.92 Å².